The van der Waals surface area contributed by atoms with Crippen LogP contribution in [0.15, 0.2) is 0 Å². The maximum atomic E-state index is 5.94. The summed E-state index contributed by atoms with van der Waals surface area (Å²) in [5, 5.41) is 3.36. The average Bonchev–Trinajstić information content (AvgIpc) is 2.21. The standard InChI is InChI=1S/C10H19NO2/c1-3-9(7-11-5-1)13-10-4-2-6-12-8-10/h9-11H,1-8H2. The predicted octanol–water partition coefficient (Wildman–Crippen LogP) is 0.934. The lowest BCUT2D eigenvalue weighted by Gasteiger charge is -2.30. The van der Waals surface area contributed by atoms with Gasteiger partial charge in [-0.05, 0) is 32.2 Å². The van der Waals surface area contributed by atoms with E-state index in [1.165, 1.54) is 19.3 Å². The summed E-state index contributed by atoms with van der Waals surface area (Å²) in [4.78, 5) is 0. The first-order chi connectivity index (χ1) is 6.45. The summed E-state index contributed by atoms with van der Waals surface area (Å²) in [7, 11) is 0. The van der Waals surface area contributed by atoms with Gasteiger partial charge in [-0.15, -0.1) is 0 Å². The fourth-order valence-corrected chi connectivity index (χ4v) is 2.03. The summed E-state index contributed by atoms with van der Waals surface area (Å²) >= 11 is 0. The van der Waals surface area contributed by atoms with Gasteiger partial charge < -0.3 is 14.8 Å². The van der Waals surface area contributed by atoms with Crippen molar-refractivity contribution in [3.05, 3.63) is 0 Å². The van der Waals surface area contributed by atoms with Crippen molar-refractivity contribution < 1.29 is 9.47 Å². The zero-order valence-corrected chi connectivity index (χ0v) is 8.13. The zero-order chi connectivity index (χ0) is 8.93. The minimum absolute atomic E-state index is 0.360. The monoisotopic (exact) mass is 185 g/mol. The molecule has 0 spiro atoms. The van der Waals surface area contributed by atoms with Gasteiger partial charge in [0.1, 0.15) is 0 Å². The van der Waals surface area contributed by atoms with Gasteiger partial charge in [0.25, 0.3) is 0 Å². The van der Waals surface area contributed by atoms with Gasteiger partial charge in [-0.25, -0.2) is 0 Å². The molecule has 0 bridgehead atoms. The first-order valence-electron chi connectivity index (χ1n) is 5.39. The van der Waals surface area contributed by atoms with Crippen LogP contribution >= 0.6 is 0 Å². The summed E-state index contributed by atoms with van der Waals surface area (Å²) < 4.78 is 11.3. The SMILES string of the molecule is C1CNCC(OC2CCCOC2)C1. The molecule has 2 heterocycles. The molecule has 0 amide bonds. The molecule has 1 N–H and O–H groups in total. The second-order valence-corrected chi connectivity index (χ2v) is 3.94. The molecule has 2 aliphatic rings. The zero-order valence-electron chi connectivity index (χ0n) is 8.13. The molecule has 2 atom stereocenters. The molecule has 0 aromatic carbocycles. The molecule has 2 saturated heterocycles. The smallest absolute Gasteiger partial charge is 0.0813 e. The lowest BCUT2D eigenvalue weighted by atomic mass is 10.1. The van der Waals surface area contributed by atoms with Crippen LogP contribution in [0.5, 0.6) is 0 Å². The van der Waals surface area contributed by atoms with E-state index in [2.05, 4.69) is 5.32 Å². The number of piperidine rings is 1. The minimum Gasteiger partial charge on any atom is -0.379 e. The van der Waals surface area contributed by atoms with E-state index in [0.717, 1.165) is 32.7 Å². The molecular formula is C10H19NO2. The van der Waals surface area contributed by atoms with E-state index < -0.39 is 0 Å². The molecule has 3 heteroatoms. The van der Waals surface area contributed by atoms with Crippen molar-refractivity contribution in [2.45, 2.75) is 37.9 Å². The fourth-order valence-electron chi connectivity index (χ4n) is 2.03. The van der Waals surface area contributed by atoms with Crippen LogP contribution < -0.4 is 5.32 Å². The van der Waals surface area contributed by atoms with Crippen LogP contribution in [-0.4, -0.2) is 38.5 Å². The van der Waals surface area contributed by atoms with E-state index in [4.69, 9.17) is 9.47 Å². The normalized spacial score (nSPS) is 36.0. The van der Waals surface area contributed by atoms with Crippen LogP contribution in [0, 0.1) is 0 Å². The van der Waals surface area contributed by atoms with Gasteiger partial charge in [-0.1, -0.05) is 0 Å². The Balaban J connectivity index is 1.69. The highest BCUT2D eigenvalue weighted by molar-refractivity contribution is 4.72. The van der Waals surface area contributed by atoms with Gasteiger partial charge >= 0.3 is 0 Å². The first-order valence-corrected chi connectivity index (χ1v) is 5.39. The highest BCUT2D eigenvalue weighted by Gasteiger charge is 2.20. The number of hydrogen-bond donors (Lipinski definition) is 1. The van der Waals surface area contributed by atoms with Gasteiger partial charge in [0.2, 0.25) is 0 Å². The number of nitrogens with one attached hydrogen (secondary N) is 1. The Labute approximate surface area is 79.8 Å². The molecule has 2 fully saturated rings. The Bertz CT molecular complexity index is 124. The summed E-state index contributed by atoms with van der Waals surface area (Å²) in [6, 6.07) is 0. The average molecular weight is 185 g/mol. The number of rotatable bonds is 2. The van der Waals surface area contributed by atoms with E-state index in [-0.39, 0.29) is 0 Å². The summed E-state index contributed by atoms with van der Waals surface area (Å²) in [5.74, 6) is 0. The second-order valence-electron chi connectivity index (χ2n) is 3.94. The third kappa shape index (κ3) is 2.93. The van der Waals surface area contributed by atoms with Gasteiger partial charge in [0.05, 0.1) is 18.8 Å². The summed E-state index contributed by atoms with van der Waals surface area (Å²) in [6.07, 6.45) is 5.59. The Hall–Kier alpha value is -0.120. The van der Waals surface area contributed by atoms with Crippen molar-refractivity contribution in [2.24, 2.45) is 0 Å². The first kappa shape index (κ1) is 9.44. The molecule has 0 aromatic heterocycles. The van der Waals surface area contributed by atoms with Gasteiger partial charge in [0.15, 0.2) is 0 Å². The highest BCUT2D eigenvalue weighted by atomic mass is 16.5. The summed E-state index contributed by atoms with van der Waals surface area (Å²) in [6.45, 7) is 3.90. The van der Waals surface area contributed by atoms with Crippen molar-refractivity contribution in [3.63, 3.8) is 0 Å². The van der Waals surface area contributed by atoms with E-state index in [0.29, 0.717) is 12.2 Å². The third-order valence-electron chi connectivity index (χ3n) is 2.76. The van der Waals surface area contributed by atoms with Gasteiger partial charge in [-0.3, -0.25) is 0 Å². The van der Waals surface area contributed by atoms with Gasteiger partial charge in [-0.2, -0.15) is 0 Å². The van der Waals surface area contributed by atoms with Crippen LogP contribution in [0.3, 0.4) is 0 Å². The summed E-state index contributed by atoms with van der Waals surface area (Å²) in [5.41, 5.74) is 0. The predicted molar refractivity (Wildman–Crippen MR) is 50.8 cm³/mol. The largest absolute Gasteiger partial charge is 0.379 e. The second kappa shape index (κ2) is 4.94. The molecular weight excluding hydrogens is 166 g/mol. The van der Waals surface area contributed by atoms with Crippen LogP contribution in [0.25, 0.3) is 0 Å². The van der Waals surface area contributed by atoms with Gasteiger partial charge in [0, 0.05) is 13.2 Å². The molecule has 13 heavy (non-hydrogen) atoms. The lowest BCUT2D eigenvalue weighted by molar-refractivity contribution is -0.0884. The van der Waals surface area contributed by atoms with Crippen LogP contribution in [-0.2, 0) is 9.47 Å². The van der Waals surface area contributed by atoms with Crippen molar-refractivity contribution in [3.8, 4) is 0 Å². The van der Waals surface area contributed by atoms with Crippen LogP contribution in [0.1, 0.15) is 25.7 Å². The van der Waals surface area contributed by atoms with Crippen molar-refractivity contribution in [2.75, 3.05) is 26.3 Å². The fraction of sp³-hybridized carbons (Fsp3) is 1.00. The molecule has 2 unspecified atom stereocenters. The molecule has 2 rings (SSSR count). The van der Waals surface area contributed by atoms with Crippen molar-refractivity contribution in [1.29, 1.82) is 0 Å². The van der Waals surface area contributed by atoms with Crippen molar-refractivity contribution in [1.82, 2.24) is 5.32 Å². The Morgan fingerprint density at radius 1 is 1.15 bits per heavy atom. The Morgan fingerprint density at radius 3 is 2.77 bits per heavy atom. The van der Waals surface area contributed by atoms with Crippen molar-refractivity contribution >= 4 is 0 Å². The molecule has 0 saturated carbocycles. The number of hydrogen-bond acceptors (Lipinski definition) is 3. The molecule has 2 aliphatic heterocycles. The van der Waals surface area contributed by atoms with E-state index in [1.54, 1.807) is 0 Å². The molecule has 0 aromatic rings. The molecule has 0 radical (unpaired) electrons. The Kier molecular flexibility index (Phi) is 3.58. The molecule has 3 nitrogen and oxygen atoms in total. The maximum absolute atomic E-state index is 5.94. The molecule has 76 valence electrons. The topological polar surface area (TPSA) is 30.5 Å². The quantitative estimate of drug-likeness (QED) is 0.694. The van der Waals surface area contributed by atoms with Crippen LogP contribution in [0.4, 0.5) is 0 Å². The minimum atomic E-state index is 0.360. The molecule has 0 aliphatic carbocycles. The third-order valence-corrected chi connectivity index (χ3v) is 2.76. The van der Waals surface area contributed by atoms with Crippen LogP contribution in [0.2, 0.25) is 0 Å². The van der Waals surface area contributed by atoms with E-state index in [1.807, 2.05) is 0 Å². The number of ether oxygens (including phenoxy) is 2. The lowest BCUT2D eigenvalue weighted by Crippen LogP contribution is -2.39. The van der Waals surface area contributed by atoms with E-state index >= 15 is 0 Å². The van der Waals surface area contributed by atoms with E-state index in [9.17, 15) is 0 Å². The Morgan fingerprint density at radius 2 is 2.08 bits per heavy atom. The maximum Gasteiger partial charge on any atom is 0.0813 e. The highest BCUT2D eigenvalue weighted by Crippen LogP contribution is 2.15.